The summed E-state index contributed by atoms with van der Waals surface area (Å²) in [7, 11) is -2.21. The van der Waals surface area contributed by atoms with E-state index in [9.17, 15) is 12.8 Å². The van der Waals surface area contributed by atoms with E-state index in [2.05, 4.69) is 4.72 Å². The molecule has 1 aliphatic carbocycles. The number of hydrogen-bond acceptors (Lipinski definition) is 4. The summed E-state index contributed by atoms with van der Waals surface area (Å²) in [4.78, 5) is -0.0957. The first-order valence-corrected chi connectivity index (χ1v) is 8.25. The number of halogens is 1. The molecule has 1 fully saturated rings. The molecule has 1 aromatic rings. The third-order valence-electron chi connectivity index (χ3n) is 4.33. The van der Waals surface area contributed by atoms with Crippen LogP contribution in [0.5, 0.6) is 0 Å². The molecule has 5 nitrogen and oxygen atoms in total. The van der Waals surface area contributed by atoms with Gasteiger partial charge in [-0.1, -0.05) is 19.9 Å². The van der Waals surface area contributed by atoms with Crippen LogP contribution >= 0.6 is 0 Å². The van der Waals surface area contributed by atoms with E-state index < -0.39 is 15.8 Å². The first-order valence-electron chi connectivity index (χ1n) is 6.76. The zero-order valence-corrected chi connectivity index (χ0v) is 13.2. The average Bonchev–Trinajstić information content (AvgIpc) is 2.42. The Hall–Kier alpha value is -1.02. The van der Waals surface area contributed by atoms with Crippen LogP contribution in [0.25, 0.3) is 0 Å². The molecule has 0 amide bonds. The summed E-state index contributed by atoms with van der Waals surface area (Å²) < 4.78 is 46.6. The molecule has 0 bridgehead atoms. The van der Waals surface area contributed by atoms with Crippen molar-refractivity contribution in [2.24, 2.45) is 11.1 Å². The Morgan fingerprint density at radius 2 is 2.14 bits per heavy atom. The van der Waals surface area contributed by atoms with Gasteiger partial charge in [0, 0.05) is 30.7 Å². The molecule has 21 heavy (non-hydrogen) atoms. The van der Waals surface area contributed by atoms with E-state index in [1.54, 1.807) is 7.11 Å². The smallest absolute Gasteiger partial charge is 0.241 e. The highest BCUT2D eigenvalue weighted by Crippen LogP contribution is 2.43. The lowest BCUT2D eigenvalue weighted by molar-refractivity contribution is -0.0908. The lowest BCUT2D eigenvalue weighted by atomic mass is 9.65. The Morgan fingerprint density at radius 3 is 2.67 bits per heavy atom. The molecule has 2 unspecified atom stereocenters. The molecule has 7 heteroatoms. The van der Waals surface area contributed by atoms with Crippen molar-refractivity contribution < 1.29 is 17.5 Å². The Balaban J connectivity index is 2.27. The lowest BCUT2D eigenvalue weighted by Crippen LogP contribution is -2.61. The molecule has 0 aromatic heterocycles. The number of ether oxygens (including phenoxy) is 1. The Morgan fingerprint density at radius 1 is 1.48 bits per heavy atom. The maximum atomic E-state index is 13.7. The molecule has 2 rings (SSSR count). The van der Waals surface area contributed by atoms with Crippen LogP contribution in [0.3, 0.4) is 0 Å². The molecule has 0 heterocycles. The maximum Gasteiger partial charge on any atom is 0.241 e. The summed E-state index contributed by atoms with van der Waals surface area (Å²) in [5.41, 5.74) is 5.17. The molecular formula is C14H21FN2O3S. The van der Waals surface area contributed by atoms with Crippen molar-refractivity contribution in [3.05, 3.63) is 29.6 Å². The summed E-state index contributed by atoms with van der Waals surface area (Å²) in [5.74, 6) is -0.608. The number of sulfonamides is 1. The van der Waals surface area contributed by atoms with Gasteiger partial charge in [0.2, 0.25) is 10.0 Å². The zero-order chi connectivity index (χ0) is 15.8. The van der Waals surface area contributed by atoms with Gasteiger partial charge in [0.25, 0.3) is 0 Å². The van der Waals surface area contributed by atoms with Gasteiger partial charge in [-0.15, -0.1) is 0 Å². The van der Waals surface area contributed by atoms with Gasteiger partial charge in [-0.25, -0.2) is 17.5 Å². The summed E-state index contributed by atoms with van der Waals surface area (Å²) in [6.45, 7) is 3.71. The minimum absolute atomic E-state index is 0.00502. The van der Waals surface area contributed by atoms with Crippen LogP contribution in [0.1, 0.15) is 25.8 Å². The van der Waals surface area contributed by atoms with Crippen molar-refractivity contribution in [3.8, 4) is 0 Å². The second-order valence-corrected chi connectivity index (χ2v) is 7.56. The second-order valence-electron chi connectivity index (χ2n) is 5.88. The number of hydrogen-bond donors (Lipinski definition) is 2. The first kappa shape index (κ1) is 16.4. The molecule has 0 radical (unpaired) electrons. The normalized spacial score (nSPS) is 24.6. The van der Waals surface area contributed by atoms with E-state index in [1.807, 2.05) is 13.8 Å². The van der Waals surface area contributed by atoms with E-state index in [1.165, 1.54) is 18.2 Å². The summed E-state index contributed by atoms with van der Waals surface area (Å²) in [6.07, 6.45) is 0.599. The number of nitrogens with one attached hydrogen (secondary N) is 1. The van der Waals surface area contributed by atoms with Gasteiger partial charge in [-0.3, -0.25) is 0 Å². The molecule has 1 aliphatic rings. The van der Waals surface area contributed by atoms with E-state index in [0.717, 1.165) is 0 Å². The van der Waals surface area contributed by atoms with Crippen molar-refractivity contribution in [2.75, 3.05) is 7.11 Å². The standard InChI is InChI=1S/C14H21FN2O3S/c1-14(2)12(7-13(14)20-3)17-21(18,19)11-6-4-5-10(15)9(11)8-16/h4-6,12-13,17H,7-8,16H2,1-3H3. The number of benzene rings is 1. The largest absolute Gasteiger partial charge is 0.381 e. The van der Waals surface area contributed by atoms with Crippen molar-refractivity contribution in [1.82, 2.24) is 4.72 Å². The van der Waals surface area contributed by atoms with Crippen LogP contribution < -0.4 is 10.5 Å². The predicted octanol–water partition coefficient (Wildman–Crippen LogP) is 1.38. The fraction of sp³-hybridized carbons (Fsp3) is 0.571. The third kappa shape index (κ3) is 2.83. The summed E-state index contributed by atoms with van der Waals surface area (Å²) >= 11 is 0. The molecule has 3 N–H and O–H groups in total. The van der Waals surface area contributed by atoms with E-state index >= 15 is 0 Å². The average molecular weight is 316 g/mol. The van der Waals surface area contributed by atoms with Crippen LogP contribution in [0, 0.1) is 11.2 Å². The van der Waals surface area contributed by atoms with Gasteiger partial charge < -0.3 is 10.5 Å². The van der Waals surface area contributed by atoms with Crippen molar-refractivity contribution in [1.29, 1.82) is 0 Å². The van der Waals surface area contributed by atoms with Gasteiger partial charge in [-0.2, -0.15) is 0 Å². The van der Waals surface area contributed by atoms with Gasteiger partial charge in [0.1, 0.15) is 5.82 Å². The fourth-order valence-corrected chi connectivity index (χ4v) is 4.39. The van der Waals surface area contributed by atoms with Crippen LogP contribution in [-0.2, 0) is 21.3 Å². The monoisotopic (exact) mass is 316 g/mol. The van der Waals surface area contributed by atoms with E-state index in [4.69, 9.17) is 10.5 Å². The Kier molecular flexibility index (Phi) is 4.39. The van der Waals surface area contributed by atoms with Crippen LogP contribution in [0.15, 0.2) is 23.1 Å². The van der Waals surface area contributed by atoms with Gasteiger partial charge in [-0.05, 0) is 18.6 Å². The number of methoxy groups -OCH3 is 1. The van der Waals surface area contributed by atoms with Crippen molar-refractivity contribution in [2.45, 2.75) is 43.9 Å². The second kappa shape index (κ2) is 5.64. The highest BCUT2D eigenvalue weighted by atomic mass is 32.2. The minimum Gasteiger partial charge on any atom is -0.381 e. The molecule has 2 atom stereocenters. The van der Waals surface area contributed by atoms with Crippen LogP contribution in [0.4, 0.5) is 4.39 Å². The molecule has 0 aliphatic heterocycles. The lowest BCUT2D eigenvalue weighted by Gasteiger charge is -2.51. The van der Waals surface area contributed by atoms with Gasteiger partial charge in [0.15, 0.2) is 0 Å². The highest BCUT2D eigenvalue weighted by molar-refractivity contribution is 7.89. The molecule has 1 saturated carbocycles. The number of rotatable bonds is 5. The molecule has 118 valence electrons. The molecule has 1 aromatic carbocycles. The summed E-state index contributed by atoms with van der Waals surface area (Å²) in [6, 6.07) is 3.69. The van der Waals surface area contributed by atoms with E-state index in [0.29, 0.717) is 6.42 Å². The topological polar surface area (TPSA) is 81.4 Å². The predicted molar refractivity (Wildman–Crippen MR) is 77.6 cm³/mol. The van der Waals surface area contributed by atoms with Gasteiger partial charge >= 0.3 is 0 Å². The minimum atomic E-state index is -3.81. The fourth-order valence-electron chi connectivity index (χ4n) is 2.72. The van der Waals surface area contributed by atoms with Crippen molar-refractivity contribution >= 4 is 10.0 Å². The quantitative estimate of drug-likeness (QED) is 0.860. The summed E-state index contributed by atoms with van der Waals surface area (Å²) in [5, 5.41) is 0. The van der Waals surface area contributed by atoms with Crippen LogP contribution in [0.2, 0.25) is 0 Å². The van der Waals surface area contributed by atoms with Crippen LogP contribution in [-0.4, -0.2) is 27.7 Å². The Bertz CT molecular complexity index is 631. The number of nitrogens with two attached hydrogens (primary N) is 1. The van der Waals surface area contributed by atoms with Gasteiger partial charge in [0.05, 0.1) is 11.0 Å². The zero-order valence-electron chi connectivity index (χ0n) is 12.4. The third-order valence-corrected chi connectivity index (χ3v) is 5.89. The first-order chi connectivity index (χ1) is 9.74. The molecule has 0 spiro atoms. The maximum absolute atomic E-state index is 13.7. The highest BCUT2D eigenvalue weighted by Gasteiger charge is 2.50. The van der Waals surface area contributed by atoms with E-state index in [-0.39, 0.29) is 34.6 Å². The SMILES string of the molecule is COC1CC(NS(=O)(=O)c2cccc(F)c2CN)C1(C)C. The molecule has 0 saturated heterocycles. The Labute approximate surface area is 124 Å². The van der Waals surface area contributed by atoms with Crippen molar-refractivity contribution in [3.63, 3.8) is 0 Å². The molecular weight excluding hydrogens is 295 g/mol.